The maximum absolute atomic E-state index is 5.35. The van der Waals surface area contributed by atoms with Crippen LogP contribution >= 0.6 is 15.9 Å². The van der Waals surface area contributed by atoms with E-state index in [2.05, 4.69) is 26.1 Å². The first-order chi connectivity index (χ1) is 3.72. The number of nitrogens with zero attached hydrogens (tertiary/aromatic N) is 1. The van der Waals surface area contributed by atoms with Gasteiger partial charge in [0.1, 0.15) is 0 Å². The number of aromatic amines is 1. The first-order valence-electron chi connectivity index (χ1n) is 2.17. The Labute approximate surface area is 71.9 Å². The number of aromatic nitrogens is 2. The van der Waals surface area contributed by atoms with Crippen LogP contribution in [0.25, 0.3) is 0 Å². The van der Waals surface area contributed by atoms with Gasteiger partial charge in [-0.1, -0.05) is 0 Å². The molecule has 0 bridgehead atoms. The molecule has 0 amide bonds. The summed E-state index contributed by atoms with van der Waals surface area (Å²) >= 11 is 3.23. The number of nitrogens with two attached hydrogens (primary N) is 1. The summed E-state index contributed by atoms with van der Waals surface area (Å²) < 4.78 is 0.859. The molecule has 0 unspecified atom stereocenters. The standard InChI is InChI=1S/C4H6BrN3.BrH/c1-2-3(5)4(6)8-7-2;/h1H3,(H3,6,7,8);1H/p-1. The van der Waals surface area contributed by atoms with E-state index in [1.807, 2.05) is 6.92 Å². The topological polar surface area (TPSA) is 54.7 Å². The molecule has 5 heteroatoms. The minimum absolute atomic E-state index is 0. The molecule has 1 heterocycles. The monoisotopic (exact) mass is 254 g/mol. The molecule has 0 saturated carbocycles. The Morgan fingerprint density at radius 1 is 1.67 bits per heavy atom. The van der Waals surface area contributed by atoms with Crippen molar-refractivity contribution >= 4 is 21.7 Å². The molecule has 3 nitrogen and oxygen atoms in total. The van der Waals surface area contributed by atoms with Gasteiger partial charge in [-0.2, -0.15) is 5.10 Å². The van der Waals surface area contributed by atoms with Crippen LogP contribution in [-0.2, 0) is 0 Å². The summed E-state index contributed by atoms with van der Waals surface area (Å²) in [5.74, 6) is 0.516. The van der Waals surface area contributed by atoms with Crippen LogP contribution in [-0.4, -0.2) is 10.2 Å². The molecule has 0 spiro atoms. The summed E-state index contributed by atoms with van der Waals surface area (Å²) in [7, 11) is 0. The van der Waals surface area contributed by atoms with E-state index in [0.29, 0.717) is 5.82 Å². The molecule has 0 aromatic carbocycles. The van der Waals surface area contributed by atoms with Gasteiger partial charge >= 0.3 is 0 Å². The maximum Gasteiger partial charge on any atom is 0.159 e. The van der Waals surface area contributed by atoms with Crippen molar-refractivity contribution in [3.8, 4) is 0 Å². The minimum atomic E-state index is 0. The highest BCUT2D eigenvalue weighted by molar-refractivity contribution is 9.10. The number of anilines is 1. The maximum atomic E-state index is 5.35. The molecular formula is C4H6Br2N3-. The van der Waals surface area contributed by atoms with Crippen LogP contribution in [0.5, 0.6) is 0 Å². The Morgan fingerprint density at radius 3 is 2.33 bits per heavy atom. The Hall–Kier alpha value is -0.0300. The number of hydrogen-bond acceptors (Lipinski definition) is 2. The van der Waals surface area contributed by atoms with Gasteiger partial charge in [-0.15, -0.1) is 0 Å². The summed E-state index contributed by atoms with van der Waals surface area (Å²) in [6.45, 7) is 1.90. The largest absolute Gasteiger partial charge is 1.00 e. The van der Waals surface area contributed by atoms with E-state index in [-0.39, 0.29) is 17.0 Å². The van der Waals surface area contributed by atoms with Crippen molar-refractivity contribution in [2.75, 3.05) is 5.73 Å². The Balaban J connectivity index is 0.000000640. The van der Waals surface area contributed by atoms with Crippen molar-refractivity contribution < 1.29 is 17.0 Å². The molecule has 0 aliphatic rings. The summed E-state index contributed by atoms with van der Waals surface area (Å²) in [4.78, 5) is 0. The van der Waals surface area contributed by atoms with E-state index in [1.54, 1.807) is 0 Å². The number of hydrogen-bond donors (Lipinski definition) is 2. The first-order valence-corrected chi connectivity index (χ1v) is 2.97. The Bertz CT molecular complexity index is 176. The normalized spacial score (nSPS) is 8.67. The molecule has 52 valence electrons. The molecule has 0 aliphatic heterocycles. The summed E-state index contributed by atoms with van der Waals surface area (Å²) in [5, 5.41) is 6.44. The van der Waals surface area contributed by atoms with Crippen molar-refractivity contribution in [3.63, 3.8) is 0 Å². The van der Waals surface area contributed by atoms with E-state index in [1.165, 1.54) is 0 Å². The zero-order valence-corrected chi connectivity index (χ0v) is 7.95. The van der Waals surface area contributed by atoms with E-state index in [9.17, 15) is 0 Å². The zero-order valence-electron chi connectivity index (χ0n) is 4.78. The Kier molecular flexibility index (Phi) is 3.21. The number of H-pyrrole nitrogens is 1. The lowest BCUT2D eigenvalue weighted by molar-refractivity contribution is -0.00000180. The summed E-state index contributed by atoms with van der Waals surface area (Å²) in [6.07, 6.45) is 0. The SMILES string of the molecule is Cc1[nH]nc(N)c1Br.[Br-]. The quantitative estimate of drug-likeness (QED) is 0.567. The van der Waals surface area contributed by atoms with Crippen LogP contribution in [0.3, 0.4) is 0 Å². The van der Waals surface area contributed by atoms with E-state index in [4.69, 9.17) is 5.73 Å². The lowest BCUT2D eigenvalue weighted by Crippen LogP contribution is -3.00. The van der Waals surface area contributed by atoms with Gasteiger partial charge < -0.3 is 22.7 Å². The van der Waals surface area contributed by atoms with Crippen LogP contribution in [0.4, 0.5) is 5.82 Å². The molecule has 0 radical (unpaired) electrons. The number of rotatable bonds is 0. The van der Waals surface area contributed by atoms with Crippen LogP contribution < -0.4 is 22.7 Å². The van der Waals surface area contributed by atoms with Crippen molar-refractivity contribution in [1.82, 2.24) is 10.2 Å². The third kappa shape index (κ3) is 1.69. The fourth-order valence-corrected chi connectivity index (χ4v) is 0.612. The second-order valence-electron chi connectivity index (χ2n) is 1.55. The van der Waals surface area contributed by atoms with Crippen LogP contribution in [0, 0.1) is 6.92 Å². The van der Waals surface area contributed by atoms with Crippen molar-refractivity contribution in [2.24, 2.45) is 0 Å². The highest BCUT2D eigenvalue weighted by Crippen LogP contribution is 2.18. The molecule has 0 atom stereocenters. The molecule has 0 aliphatic carbocycles. The lowest BCUT2D eigenvalue weighted by atomic mass is 10.5. The Morgan fingerprint density at radius 2 is 2.22 bits per heavy atom. The van der Waals surface area contributed by atoms with Gasteiger partial charge in [0.15, 0.2) is 5.82 Å². The third-order valence-electron chi connectivity index (χ3n) is 0.898. The highest BCUT2D eigenvalue weighted by Gasteiger charge is 1.99. The number of nitrogens with one attached hydrogen (secondary N) is 1. The van der Waals surface area contributed by atoms with Crippen molar-refractivity contribution in [1.29, 1.82) is 0 Å². The number of nitrogen functional groups attached to an aromatic ring is 1. The average molecular weight is 256 g/mol. The first kappa shape index (κ1) is 8.97. The van der Waals surface area contributed by atoms with Crippen molar-refractivity contribution in [3.05, 3.63) is 10.2 Å². The molecule has 1 aromatic heterocycles. The molecular weight excluding hydrogens is 250 g/mol. The van der Waals surface area contributed by atoms with E-state index in [0.717, 1.165) is 10.2 Å². The van der Waals surface area contributed by atoms with Crippen LogP contribution in [0.15, 0.2) is 4.47 Å². The van der Waals surface area contributed by atoms with Gasteiger partial charge in [0, 0.05) is 5.69 Å². The zero-order chi connectivity index (χ0) is 6.15. The van der Waals surface area contributed by atoms with Crippen LogP contribution in [0.2, 0.25) is 0 Å². The van der Waals surface area contributed by atoms with Gasteiger partial charge in [-0.3, -0.25) is 5.10 Å². The molecule has 1 rings (SSSR count). The minimum Gasteiger partial charge on any atom is -1.00 e. The second kappa shape index (κ2) is 3.22. The predicted octanol–water partition coefficient (Wildman–Crippen LogP) is -1.93. The second-order valence-corrected chi connectivity index (χ2v) is 2.34. The van der Waals surface area contributed by atoms with Gasteiger partial charge in [-0.05, 0) is 22.9 Å². The average Bonchev–Trinajstić information content (AvgIpc) is 1.98. The molecule has 0 fully saturated rings. The fraction of sp³-hybridized carbons (Fsp3) is 0.250. The fourth-order valence-electron chi connectivity index (χ4n) is 0.434. The predicted molar refractivity (Wildman–Crippen MR) is 35.4 cm³/mol. The highest BCUT2D eigenvalue weighted by atomic mass is 79.9. The third-order valence-corrected chi connectivity index (χ3v) is 1.90. The van der Waals surface area contributed by atoms with Gasteiger partial charge in [0.2, 0.25) is 0 Å². The molecule has 9 heavy (non-hydrogen) atoms. The molecule has 0 saturated heterocycles. The van der Waals surface area contributed by atoms with Crippen LogP contribution in [0.1, 0.15) is 5.69 Å². The molecule has 3 N–H and O–H groups in total. The van der Waals surface area contributed by atoms with E-state index < -0.39 is 0 Å². The number of aryl methyl sites for hydroxylation is 1. The summed E-state index contributed by atoms with van der Waals surface area (Å²) in [6, 6.07) is 0. The van der Waals surface area contributed by atoms with Crippen molar-refractivity contribution in [2.45, 2.75) is 6.92 Å². The van der Waals surface area contributed by atoms with Gasteiger partial charge in [0.25, 0.3) is 0 Å². The summed E-state index contributed by atoms with van der Waals surface area (Å²) in [5.41, 5.74) is 6.31. The smallest absolute Gasteiger partial charge is 0.159 e. The van der Waals surface area contributed by atoms with Gasteiger partial charge in [-0.25, -0.2) is 0 Å². The molecule has 1 aromatic rings. The number of halogens is 2. The lowest BCUT2D eigenvalue weighted by Gasteiger charge is -1.81. The van der Waals surface area contributed by atoms with Gasteiger partial charge in [0.05, 0.1) is 4.47 Å². The van der Waals surface area contributed by atoms with E-state index >= 15 is 0 Å².